The summed E-state index contributed by atoms with van der Waals surface area (Å²) in [6, 6.07) is 6.30. The van der Waals surface area contributed by atoms with Crippen molar-refractivity contribution < 1.29 is 0 Å². The molecule has 0 bridgehead atoms. The number of hydrogen-bond donors (Lipinski definition) is 0. The number of unbranched alkanes of at least 4 members (excludes halogenated alkanes) is 2. The van der Waals surface area contributed by atoms with Crippen molar-refractivity contribution in [2.24, 2.45) is 0 Å². The van der Waals surface area contributed by atoms with Crippen LogP contribution in [0.3, 0.4) is 0 Å². The van der Waals surface area contributed by atoms with Crippen LogP contribution >= 0.6 is 15.9 Å². The molecule has 0 saturated heterocycles. The molecule has 0 aliphatic carbocycles. The monoisotopic (exact) mass is 266 g/mol. The average Bonchev–Trinajstić information content (AvgIpc) is 2.61. The van der Waals surface area contributed by atoms with Crippen LogP contribution in [0.15, 0.2) is 28.9 Å². The van der Waals surface area contributed by atoms with Crippen LogP contribution in [0, 0.1) is 0 Å². The Balaban J connectivity index is 2.21. The molecule has 0 atom stereocenters. The first-order valence-electron chi connectivity index (χ1n) is 5.42. The Bertz CT molecular complexity index is 448. The van der Waals surface area contributed by atoms with E-state index in [1.807, 2.05) is 6.20 Å². The van der Waals surface area contributed by atoms with Gasteiger partial charge in [-0.3, -0.25) is 4.68 Å². The lowest BCUT2D eigenvalue weighted by Gasteiger charge is -2.02. The zero-order chi connectivity index (χ0) is 10.7. The van der Waals surface area contributed by atoms with Crippen LogP contribution in [0.4, 0.5) is 0 Å². The second kappa shape index (κ2) is 4.79. The van der Waals surface area contributed by atoms with Crippen LogP contribution < -0.4 is 0 Å². The molecule has 3 heteroatoms. The molecule has 0 unspecified atom stereocenters. The Labute approximate surface area is 98.4 Å². The number of benzene rings is 1. The van der Waals surface area contributed by atoms with Gasteiger partial charge in [-0.25, -0.2) is 0 Å². The minimum Gasteiger partial charge on any atom is -0.265 e. The molecule has 80 valence electrons. The summed E-state index contributed by atoms with van der Waals surface area (Å²) in [5.74, 6) is 0. The largest absolute Gasteiger partial charge is 0.265 e. The van der Waals surface area contributed by atoms with Gasteiger partial charge in [0.2, 0.25) is 0 Å². The van der Waals surface area contributed by atoms with Crippen LogP contribution in [0.25, 0.3) is 10.9 Å². The SMILES string of the molecule is CCCCCn1ncc2cc(Br)ccc21. The first-order chi connectivity index (χ1) is 7.31. The predicted molar refractivity (Wildman–Crippen MR) is 67.0 cm³/mol. The second-order valence-corrected chi connectivity index (χ2v) is 4.69. The zero-order valence-corrected chi connectivity index (χ0v) is 10.5. The molecule has 0 aliphatic heterocycles. The third kappa shape index (κ3) is 2.40. The van der Waals surface area contributed by atoms with Crippen molar-refractivity contribution in [3.8, 4) is 0 Å². The number of aromatic nitrogens is 2. The minimum atomic E-state index is 1.03. The van der Waals surface area contributed by atoms with Gasteiger partial charge in [-0.2, -0.15) is 5.10 Å². The number of aryl methyl sites for hydroxylation is 1. The number of rotatable bonds is 4. The maximum Gasteiger partial charge on any atom is 0.0683 e. The van der Waals surface area contributed by atoms with E-state index in [-0.39, 0.29) is 0 Å². The highest BCUT2D eigenvalue weighted by Gasteiger charge is 2.01. The third-order valence-electron chi connectivity index (χ3n) is 2.58. The van der Waals surface area contributed by atoms with Crippen molar-refractivity contribution in [2.75, 3.05) is 0 Å². The molecule has 0 aliphatic rings. The Hall–Kier alpha value is -0.830. The molecular formula is C12H15BrN2. The summed E-state index contributed by atoms with van der Waals surface area (Å²) in [6.07, 6.45) is 5.68. The first-order valence-corrected chi connectivity index (χ1v) is 6.21. The molecule has 1 aromatic heterocycles. The van der Waals surface area contributed by atoms with Crippen molar-refractivity contribution in [2.45, 2.75) is 32.7 Å². The molecule has 0 N–H and O–H groups in total. The van der Waals surface area contributed by atoms with Crippen LogP contribution in [0.5, 0.6) is 0 Å². The van der Waals surface area contributed by atoms with Crippen LogP contribution in [-0.4, -0.2) is 9.78 Å². The van der Waals surface area contributed by atoms with E-state index in [2.05, 4.69) is 50.8 Å². The van der Waals surface area contributed by atoms with Gasteiger partial charge in [0.05, 0.1) is 11.7 Å². The van der Waals surface area contributed by atoms with E-state index in [4.69, 9.17) is 0 Å². The Morgan fingerprint density at radius 3 is 3.00 bits per heavy atom. The fourth-order valence-corrected chi connectivity index (χ4v) is 2.13. The highest BCUT2D eigenvalue weighted by atomic mass is 79.9. The predicted octanol–water partition coefficient (Wildman–Crippen LogP) is 3.99. The fourth-order valence-electron chi connectivity index (χ4n) is 1.75. The van der Waals surface area contributed by atoms with Crippen LogP contribution in [0.2, 0.25) is 0 Å². The normalized spacial score (nSPS) is 11.1. The Morgan fingerprint density at radius 1 is 1.33 bits per heavy atom. The molecule has 1 heterocycles. The zero-order valence-electron chi connectivity index (χ0n) is 8.91. The summed E-state index contributed by atoms with van der Waals surface area (Å²) in [6.45, 7) is 3.25. The number of hydrogen-bond acceptors (Lipinski definition) is 1. The maximum atomic E-state index is 4.40. The van der Waals surface area contributed by atoms with Gasteiger partial charge in [0.15, 0.2) is 0 Å². The first kappa shape index (κ1) is 10.7. The maximum absolute atomic E-state index is 4.40. The van der Waals surface area contributed by atoms with Crippen molar-refractivity contribution in [1.82, 2.24) is 9.78 Å². The molecule has 2 nitrogen and oxygen atoms in total. The summed E-state index contributed by atoms with van der Waals surface area (Å²) in [7, 11) is 0. The second-order valence-electron chi connectivity index (χ2n) is 3.78. The summed E-state index contributed by atoms with van der Waals surface area (Å²) in [5.41, 5.74) is 1.23. The van der Waals surface area contributed by atoms with E-state index in [9.17, 15) is 0 Å². The van der Waals surface area contributed by atoms with Crippen molar-refractivity contribution in [3.63, 3.8) is 0 Å². The molecule has 0 fully saturated rings. The van der Waals surface area contributed by atoms with Crippen LogP contribution in [0.1, 0.15) is 26.2 Å². The lowest BCUT2D eigenvalue weighted by Crippen LogP contribution is -1.99. The van der Waals surface area contributed by atoms with Gasteiger partial charge < -0.3 is 0 Å². The highest BCUT2D eigenvalue weighted by molar-refractivity contribution is 9.10. The van der Waals surface area contributed by atoms with E-state index in [1.54, 1.807) is 0 Å². The van der Waals surface area contributed by atoms with Gasteiger partial charge in [-0.05, 0) is 24.6 Å². The molecule has 2 rings (SSSR count). The molecule has 1 aromatic carbocycles. The average molecular weight is 267 g/mol. The third-order valence-corrected chi connectivity index (χ3v) is 3.07. The fraction of sp³-hybridized carbons (Fsp3) is 0.417. The van der Waals surface area contributed by atoms with Crippen molar-refractivity contribution >= 4 is 26.8 Å². The standard InChI is InChI=1S/C12H15BrN2/c1-2-3-4-7-15-12-6-5-11(13)8-10(12)9-14-15/h5-6,8-9H,2-4,7H2,1H3. The topological polar surface area (TPSA) is 17.8 Å². The van der Waals surface area contributed by atoms with E-state index < -0.39 is 0 Å². The quantitative estimate of drug-likeness (QED) is 0.766. The number of nitrogens with zero attached hydrogens (tertiary/aromatic N) is 2. The van der Waals surface area contributed by atoms with E-state index >= 15 is 0 Å². The molecular weight excluding hydrogens is 252 g/mol. The summed E-state index contributed by atoms with van der Waals surface area (Å²) < 4.78 is 3.21. The molecule has 0 radical (unpaired) electrons. The molecule has 0 spiro atoms. The van der Waals surface area contributed by atoms with Gasteiger partial charge >= 0.3 is 0 Å². The summed E-state index contributed by atoms with van der Waals surface area (Å²) >= 11 is 3.47. The van der Waals surface area contributed by atoms with Crippen molar-refractivity contribution in [1.29, 1.82) is 0 Å². The van der Waals surface area contributed by atoms with Gasteiger partial charge in [-0.1, -0.05) is 35.7 Å². The summed E-state index contributed by atoms with van der Waals surface area (Å²) in [4.78, 5) is 0. The smallest absolute Gasteiger partial charge is 0.0683 e. The van der Waals surface area contributed by atoms with Gasteiger partial charge in [0.1, 0.15) is 0 Å². The molecule has 15 heavy (non-hydrogen) atoms. The molecule has 2 aromatic rings. The van der Waals surface area contributed by atoms with Gasteiger partial charge in [-0.15, -0.1) is 0 Å². The van der Waals surface area contributed by atoms with E-state index in [0.29, 0.717) is 0 Å². The highest BCUT2D eigenvalue weighted by Crippen LogP contribution is 2.19. The molecule has 0 amide bonds. The minimum absolute atomic E-state index is 1.03. The van der Waals surface area contributed by atoms with Crippen LogP contribution in [-0.2, 0) is 6.54 Å². The van der Waals surface area contributed by atoms with E-state index in [0.717, 1.165) is 11.0 Å². The number of halogens is 1. The van der Waals surface area contributed by atoms with Gasteiger partial charge in [0, 0.05) is 16.4 Å². The molecule has 0 saturated carbocycles. The van der Waals surface area contributed by atoms with E-state index in [1.165, 1.54) is 30.2 Å². The van der Waals surface area contributed by atoms with Crippen molar-refractivity contribution in [3.05, 3.63) is 28.9 Å². The lowest BCUT2D eigenvalue weighted by atomic mass is 10.2. The summed E-state index contributed by atoms with van der Waals surface area (Å²) in [5, 5.41) is 5.61. The Kier molecular flexibility index (Phi) is 3.41. The lowest BCUT2D eigenvalue weighted by molar-refractivity contribution is 0.567. The number of fused-ring (bicyclic) bond motifs is 1. The van der Waals surface area contributed by atoms with Gasteiger partial charge in [0.25, 0.3) is 0 Å². The Morgan fingerprint density at radius 2 is 2.20 bits per heavy atom.